The Labute approximate surface area is 147 Å². The number of para-hydroxylation sites is 1. The first-order valence-electron chi connectivity index (χ1n) is 8.62. The van der Waals surface area contributed by atoms with Crippen LogP contribution in [0.1, 0.15) is 49.2 Å². The summed E-state index contributed by atoms with van der Waals surface area (Å²) in [5, 5.41) is 13.5. The Morgan fingerprint density at radius 1 is 1.36 bits per heavy atom. The van der Waals surface area contributed by atoms with Crippen molar-refractivity contribution in [3.63, 3.8) is 0 Å². The van der Waals surface area contributed by atoms with E-state index in [9.17, 15) is 14.7 Å². The SMILES string of the molecule is CC(C)(C)NC(=O)CN1CCC(CO)c2[nH]c3ccccc3c2C1=O. The van der Waals surface area contributed by atoms with Gasteiger partial charge in [-0.3, -0.25) is 9.59 Å². The Kier molecular flexibility index (Phi) is 4.56. The van der Waals surface area contributed by atoms with E-state index >= 15 is 0 Å². The zero-order valence-electron chi connectivity index (χ0n) is 14.9. The molecule has 0 aliphatic carbocycles. The van der Waals surface area contributed by atoms with E-state index in [-0.39, 0.29) is 36.4 Å². The van der Waals surface area contributed by atoms with E-state index in [1.165, 1.54) is 0 Å². The Morgan fingerprint density at radius 3 is 2.76 bits per heavy atom. The van der Waals surface area contributed by atoms with Crippen molar-refractivity contribution in [2.75, 3.05) is 19.7 Å². The highest BCUT2D eigenvalue weighted by atomic mass is 16.3. The monoisotopic (exact) mass is 343 g/mol. The van der Waals surface area contributed by atoms with Gasteiger partial charge in [0.15, 0.2) is 0 Å². The van der Waals surface area contributed by atoms with Crippen LogP contribution in [-0.4, -0.2) is 52.0 Å². The number of fused-ring (bicyclic) bond motifs is 3. The number of aliphatic hydroxyl groups excluding tert-OH is 1. The van der Waals surface area contributed by atoms with Gasteiger partial charge < -0.3 is 20.3 Å². The second kappa shape index (κ2) is 6.52. The molecule has 2 aromatic rings. The van der Waals surface area contributed by atoms with Gasteiger partial charge >= 0.3 is 0 Å². The Morgan fingerprint density at radius 2 is 2.08 bits per heavy atom. The quantitative estimate of drug-likeness (QED) is 0.797. The van der Waals surface area contributed by atoms with Gasteiger partial charge in [0.25, 0.3) is 5.91 Å². The minimum atomic E-state index is -0.342. The van der Waals surface area contributed by atoms with Gasteiger partial charge in [0.2, 0.25) is 5.91 Å². The van der Waals surface area contributed by atoms with Gasteiger partial charge in [-0.15, -0.1) is 0 Å². The van der Waals surface area contributed by atoms with Crippen molar-refractivity contribution >= 4 is 22.7 Å². The molecule has 6 nitrogen and oxygen atoms in total. The highest BCUT2D eigenvalue weighted by molar-refractivity contribution is 6.09. The summed E-state index contributed by atoms with van der Waals surface area (Å²) < 4.78 is 0. The van der Waals surface area contributed by atoms with Crippen molar-refractivity contribution in [2.45, 2.75) is 38.6 Å². The van der Waals surface area contributed by atoms with Crippen LogP contribution in [0.3, 0.4) is 0 Å². The van der Waals surface area contributed by atoms with Crippen LogP contribution >= 0.6 is 0 Å². The second-order valence-electron chi connectivity index (χ2n) is 7.65. The van der Waals surface area contributed by atoms with Crippen molar-refractivity contribution < 1.29 is 14.7 Å². The van der Waals surface area contributed by atoms with Gasteiger partial charge in [0, 0.05) is 34.6 Å². The van der Waals surface area contributed by atoms with Gasteiger partial charge in [-0.25, -0.2) is 0 Å². The zero-order chi connectivity index (χ0) is 18.2. The molecule has 1 atom stereocenters. The van der Waals surface area contributed by atoms with E-state index in [4.69, 9.17) is 0 Å². The molecule has 0 bridgehead atoms. The summed E-state index contributed by atoms with van der Waals surface area (Å²) in [5.74, 6) is -0.473. The molecule has 134 valence electrons. The average Bonchev–Trinajstić information content (AvgIpc) is 2.85. The van der Waals surface area contributed by atoms with Crippen molar-refractivity contribution in [3.05, 3.63) is 35.5 Å². The molecule has 2 heterocycles. The summed E-state index contributed by atoms with van der Waals surface area (Å²) in [5.41, 5.74) is 1.88. The van der Waals surface area contributed by atoms with E-state index in [1.807, 2.05) is 45.0 Å². The van der Waals surface area contributed by atoms with Crippen LogP contribution in [0, 0.1) is 0 Å². The van der Waals surface area contributed by atoms with Gasteiger partial charge in [-0.05, 0) is 33.3 Å². The molecule has 1 aromatic carbocycles. The lowest BCUT2D eigenvalue weighted by Crippen LogP contribution is -2.47. The number of hydrogen-bond donors (Lipinski definition) is 3. The zero-order valence-corrected chi connectivity index (χ0v) is 14.9. The van der Waals surface area contributed by atoms with Crippen molar-refractivity contribution in [1.29, 1.82) is 0 Å². The minimum absolute atomic E-state index is 0.0210. The molecule has 2 amide bonds. The maximum absolute atomic E-state index is 13.1. The first kappa shape index (κ1) is 17.5. The molecular formula is C19H25N3O3. The average molecular weight is 343 g/mol. The summed E-state index contributed by atoms with van der Waals surface area (Å²) >= 11 is 0. The lowest BCUT2D eigenvalue weighted by Gasteiger charge is -2.25. The Hall–Kier alpha value is -2.34. The molecule has 6 heteroatoms. The van der Waals surface area contributed by atoms with E-state index in [0.717, 1.165) is 16.6 Å². The topological polar surface area (TPSA) is 85.4 Å². The van der Waals surface area contributed by atoms with Crippen molar-refractivity contribution in [3.8, 4) is 0 Å². The van der Waals surface area contributed by atoms with Gasteiger partial charge in [-0.1, -0.05) is 18.2 Å². The summed E-state index contributed by atoms with van der Waals surface area (Å²) in [4.78, 5) is 30.3. The number of hydrogen-bond acceptors (Lipinski definition) is 3. The molecule has 25 heavy (non-hydrogen) atoms. The van der Waals surface area contributed by atoms with Crippen LogP contribution in [-0.2, 0) is 4.79 Å². The van der Waals surface area contributed by atoms with Gasteiger partial charge in [0.05, 0.1) is 18.7 Å². The molecule has 1 unspecified atom stereocenters. The van der Waals surface area contributed by atoms with Crippen LogP contribution in [0.15, 0.2) is 24.3 Å². The molecule has 3 N–H and O–H groups in total. The third-order valence-corrected chi connectivity index (χ3v) is 4.46. The number of H-pyrrole nitrogens is 1. The number of carbonyl (C=O) groups is 2. The molecule has 0 radical (unpaired) electrons. The van der Waals surface area contributed by atoms with Crippen LogP contribution in [0.4, 0.5) is 0 Å². The van der Waals surface area contributed by atoms with Crippen molar-refractivity contribution in [2.24, 2.45) is 0 Å². The maximum Gasteiger partial charge on any atom is 0.256 e. The fourth-order valence-electron chi connectivity index (χ4n) is 3.38. The third-order valence-electron chi connectivity index (χ3n) is 4.46. The van der Waals surface area contributed by atoms with E-state index in [0.29, 0.717) is 18.5 Å². The number of amides is 2. The Bertz CT molecular complexity index is 804. The minimum Gasteiger partial charge on any atom is -0.396 e. The second-order valence-corrected chi connectivity index (χ2v) is 7.65. The van der Waals surface area contributed by atoms with E-state index in [2.05, 4.69) is 10.3 Å². The molecule has 0 saturated carbocycles. The van der Waals surface area contributed by atoms with Crippen LogP contribution in [0.25, 0.3) is 10.9 Å². The normalized spacial score (nSPS) is 18.2. The fraction of sp³-hybridized carbons (Fsp3) is 0.474. The molecule has 3 rings (SSSR count). The van der Waals surface area contributed by atoms with Gasteiger partial charge in [0.1, 0.15) is 0 Å². The summed E-state index contributed by atoms with van der Waals surface area (Å²) in [6.07, 6.45) is 0.616. The molecule has 1 aromatic heterocycles. The number of carbonyl (C=O) groups excluding carboxylic acids is 2. The number of benzene rings is 1. The molecule has 1 aliphatic rings. The maximum atomic E-state index is 13.1. The third kappa shape index (κ3) is 3.54. The van der Waals surface area contributed by atoms with Crippen LogP contribution < -0.4 is 5.32 Å². The standard InChI is InChI=1S/C19H25N3O3/c1-19(2,3)21-15(24)10-22-9-8-12(11-23)17-16(18(22)25)13-6-4-5-7-14(13)20-17/h4-7,12,20,23H,8-11H2,1-3H3,(H,21,24). The van der Waals surface area contributed by atoms with E-state index < -0.39 is 0 Å². The highest BCUT2D eigenvalue weighted by Gasteiger charge is 2.32. The first-order chi connectivity index (χ1) is 11.8. The highest BCUT2D eigenvalue weighted by Crippen LogP contribution is 2.33. The van der Waals surface area contributed by atoms with Crippen LogP contribution in [0.5, 0.6) is 0 Å². The van der Waals surface area contributed by atoms with Crippen LogP contribution in [0.2, 0.25) is 0 Å². The number of aromatic nitrogens is 1. The number of nitrogens with zero attached hydrogens (tertiary/aromatic N) is 1. The predicted octanol–water partition coefficient (Wildman–Crippen LogP) is 2.00. The largest absolute Gasteiger partial charge is 0.396 e. The fourth-order valence-corrected chi connectivity index (χ4v) is 3.38. The predicted molar refractivity (Wildman–Crippen MR) is 96.5 cm³/mol. The molecule has 1 aliphatic heterocycles. The summed E-state index contributed by atoms with van der Waals surface area (Å²) in [6.45, 7) is 6.17. The lowest BCUT2D eigenvalue weighted by molar-refractivity contribution is -0.123. The summed E-state index contributed by atoms with van der Waals surface area (Å²) in [7, 11) is 0. The number of aliphatic hydroxyl groups is 1. The number of rotatable bonds is 3. The molecule has 0 saturated heterocycles. The molecule has 0 fully saturated rings. The van der Waals surface area contributed by atoms with Crippen molar-refractivity contribution in [1.82, 2.24) is 15.2 Å². The molecule has 0 spiro atoms. The Balaban J connectivity index is 1.95. The number of aromatic amines is 1. The van der Waals surface area contributed by atoms with Gasteiger partial charge in [-0.2, -0.15) is 0 Å². The smallest absolute Gasteiger partial charge is 0.256 e. The van der Waals surface area contributed by atoms with E-state index in [1.54, 1.807) is 4.90 Å². The lowest BCUT2D eigenvalue weighted by atomic mass is 9.99. The first-order valence-corrected chi connectivity index (χ1v) is 8.62. The summed E-state index contributed by atoms with van der Waals surface area (Å²) in [6, 6.07) is 7.61. The number of nitrogens with one attached hydrogen (secondary N) is 2. The molecular weight excluding hydrogens is 318 g/mol.